The first-order valence-electron chi connectivity index (χ1n) is 10.4. The molecule has 34 heavy (non-hydrogen) atoms. The highest BCUT2D eigenvalue weighted by atomic mass is 35.5. The SMILES string of the molecule is Cc1cc(S(=O)(=O)N[C@@H](C2=NNC(c3ccc(Cl)cc3)C2)c2ccc(Cl)cc2Cl)c(C)cc1Cl. The van der Waals surface area contributed by atoms with Crippen molar-refractivity contribution >= 4 is 62.1 Å². The third kappa shape index (κ3) is 5.38. The number of hydrogen-bond acceptors (Lipinski definition) is 4. The summed E-state index contributed by atoms with van der Waals surface area (Å²) in [4.78, 5) is 0.144. The Hall–Kier alpha value is -1.80. The zero-order valence-electron chi connectivity index (χ0n) is 18.2. The quantitative estimate of drug-likeness (QED) is 0.342. The van der Waals surface area contributed by atoms with Crippen molar-refractivity contribution in [3.63, 3.8) is 0 Å². The van der Waals surface area contributed by atoms with Crippen molar-refractivity contribution < 1.29 is 8.42 Å². The van der Waals surface area contributed by atoms with Crippen LogP contribution in [0.25, 0.3) is 0 Å². The Kier molecular flexibility index (Phi) is 7.48. The zero-order chi connectivity index (χ0) is 24.6. The minimum atomic E-state index is -3.96. The fraction of sp³-hybridized carbons (Fsp3) is 0.208. The van der Waals surface area contributed by atoms with Crippen LogP contribution in [-0.4, -0.2) is 14.1 Å². The van der Waals surface area contributed by atoms with Crippen LogP contribution in [0.2, 0.25) is 20.1 Å². The summed E-state index contributed by atoms with van der Waals surface area (Å²) in [5, 5.41) is 6.40. The molecule has 10 heteroatoms. The number of rotatable bonds is 6. The van der Waals surface area contributed by atoms with Crippen molar-refractivity contribution in [1.29, 1.82) is 0 Å². The molecule has 0 radical (unpaired) electrons. The van der Waals surface area contributed by atoms with Gasteiger partial charge in [-0.1, -0.05) is 64.6 Å². The molecule has 0 saturated heterocycles. The highest BCUT2D eigenvalue weighted by Gasteiger charge is 2.33. The summed E-state index contributed by atoms with van der Waals surface area (Å²) in [6.07, 6.45) is 0.465. The van der Waals surface area contributed by atoms with E-state index in [9.17, 15) is 8.42 Å². The molecule has 1 unspecified atom stereocenters. The molecule has 0 spiro atoms. The Morgan fingerprint density at radius 3 is 2.26 bits per heavy atom. The van der Waals surface area contributed by atoms with Gasteiger partial charge in [0, 0.05) is 26.5 Å². The van der Waals surface area contributed by atoms with Gasteiger partial charge in [-0.25, -0.2) is 8.42 Å². The molecular formula is C24H21Cl4N3O2S. The molecule has 0 aromatic heterocycles. The van der Waals surface area contributed by atoms with Gasteiger partial charge in [0.1, 0.15) is 0 Å². The van der Waals surface area contributed by atoms with Gasteiger partial charge in [-0.2, -0.15) is 9.82 Å². The van der Waals surface area contributed by atoms with Crippen LogP contribution in [-0.2, 0) is 10.0 Å². The first kappa shape index (κ1) is 25.3. The lowest BCUT2D eigenvalue weighted by atomic mass is 9.96. The lowest BCUT2D eigenvalue weighted by Crippen LogP contribution is -2.34. The van der Waals surface area contributed by atoms with E-state index < -0.39 is 16.1 Å². The first-order chi connectivity index (χ1) is 16.0. The van der Waals surface area contributed by atoms with Crippen LogP contribution in [0.1, 0.15) is 40.8 Å². The summed E-state index contributed by atoms with van der Waals surface area (Å²) in [5.74, 6) is 0. The number of sulfonamides is 1. The Bertz CT molecular complexity index is 1380. The van der Waals surface area contributed by atoms with Gasteiger partial charge in [0.25, 0.3) is 0 Å². The average Bonchev–Trinajstić information content (AvgIpc) is 3.25. The highest BCUT2D eigenvalue weighted by molar-refractivity contribution is 7.89. The lowest BCUT2D eigenvalue weighted by molar-refractivity contribution is 0.575. The van der Waals surface area contributed by atoms with Gasteiger partial charge in [-0.3, -0.25) is 0 Å². The third-order valence-electron chi connectivity index (χ3n) is 5.68. The molecule has 0 bridgehead atoms. The topological polar surface area (TPSA) is 70.6 Å². The Morgan fingerprint density at radius 2 is 1.59 bits per heavy atom. The second-order valence-electron chi connectivity index (χ2n) is 8.13. The van der Waals surface area contributed by atoms with Crippen molar-refractivity contribution in [3.8, 4) is 0 Å². The molecule has 2 N–H and O–H groups in total. The summed E-state index contributed by atoms with van der Waals surface area (Å²) >= 11 is 24.8. The predicted octanol–water partition coefficient (Wildman–Crippen LogP) is 7.03. The fourth-order valence-corrected chi connectivity index (χ4v) is 6.22. The van der Waals surface area contributed by atoms with Gasteiger partial charge in [-0.05, 0) is 72.5 Å². The van der Waals surface area contributed by atoms with Crippen LogP contribution >= 0.6 is 46.4 Å². The van der Waals surface area contributed by atoms with E-state index in [0.29, 0.717) is 48.9 Å². The Morgan fingerprint density at radius 1 is 0.912 bits per heavy atom. The Balaban J connectivity index is 1.71. The van der Waals surface area contributed by atoms with Gasteiger partial charge in [0.2, 0.25) is 10.0 Å². The van der Waals surface area contributed by atoms with E-state index in [1.165, 1.54) is 0 Å². The van der Waals surface area contributed by atoms with Gasteiger partial charge in [-0.15, -0.1) is 0 Å². The summed E-state index contributed by atoms with van der Waals surface area (Å²) in [7, 11) is -3.96. The van der Waals surface area contributed by atoms with E-state index in [0.717, 1.165) is 5.56 Å². The molecule has 2 atom stereocenters. The number of halogens is 4. The maximum atomic E-state index is 13.5. The van der Waals surface area contributed by atoms with Gasteiger partial charge in [0.05, 0.1) is 22.7 Å². The highest BCUT2D eigenvalue weighted by Crippen LogP contribution is 2.34. The van der Waals surface area contributed by atoms with Crippen molar-refractivity contribution in [3.05, 3.63) is 96.9 Å². The third-order valence-corrected chi connectivity index (χ3v) is 8.46. The normalized spacial score (nSPS) is 16.8. The van der Waals surface area contributed by atoms with Crippen molar-refractivity contribution in [2.75, 3.05) is 0 Å². The number of hydrogen-bond donors (Lipinski definition) is 2. The molecular weight excluding hydrogens is 536 g/mol. The molecule has 0 aliphatic carbocycles. The van der Waals surface area contributed by atoms with Crippen LogP contribution in [0.3, 0.4) is 0 Å². The lowest BCUT2D eigenvalue weighted by Gasteiger charge is -2.22. The molecule has 1 aliphatic rings. The smallest absolute Gasteiger partial charge is 0.241 e. The molecule has 1 aliphatic heterocycles. The number of hydrazone groups is 1. The van der Waals surface area contributed by atoms with E-state index in [1.54, 1.807) is 56.3 Å². The van der Waals surface area contributed by atoms with Crippen LogP contribution in [0.15, 0.2) is 64.6 Å². The summed E-state index contributed by atoms with van der Waals surface area (Å²) < 4.78 is 29.8. The van der Waals surface area contributed by atoms with Gasteiger partial charge in [0.15, 0.2) is 0 Å². The van der Waals surface area contributed by atoms with Crippen LogP contribution in [0.4, 0.5) is 0 Å². The van der Waals surface area contributed by atoms with Crippen molar-refractivity contribution in [2.24, 2.45) is 5.10 Å². The molecule has 0 amide bonds. The molecule has 4 rings (SSSR count). The number of nitrogens with one attached hydrogen (secondary N) is 2. The largest absolute Gasteiger partial charge is 0.302 e. The predicted molar refractivity (Wildman–Crippen MR) is 140 cm³/mol. The van der Waals surface area contributed by atoms with E-state index in [2.05, 4.69) is 15.2 Å². The van der Waals surface area contributed by atoms with Crippen molar-refractivity contribution in [2.45, 2.75) is 37.2 Å². The van der Waals surface area contributed by atoms with Gasteiger partial charge < -0.3 is 5.43 Å². The maximum absolute atomic E-state index is 13.5. The summed E-state index contributed by atoms with van der Waals surface area (Å²) in [6.45, 7) is 3.46. The van der Waals surface area contributed by atoms with E-state index >= 15 is 0 Å². The van der Waals surface area contributed by atoms with Crippen molar-refractivity contribution in [1.82, 2.24) is 10.1 Å². The molecule has 1 heterocycles. The second kappa shape index (κ2) is 10.1. The van der Waals surface area contributed by atoms with Crippen LogP contribution in [0.5, 0.6) is 0 Å². The molecule has 0 fully saturated rings. The molecule has 5 nitrogen and oxygen atoms in total. The number of aryl methyl sites for hydroxylation is 2. The number of nitrogens with zero attached hydrogens (tertiary/aromatic N) is 1. The molecule has 3 aromatic carbocycles. The van der Waals surface area contributed by atoms with Crippen LogP contribution < -0.4 is 10.1 Å². The summed E-state index contributed by atoms with van der Waals surface area (Å²) in [6, 6.07) is 14.6. The Labute approximate surface area is 219 Å². The monoisotopic (exact) mass is 555 g/mol. The maximum Gasteiger partial charge on any atom is 0.241 e. The van der Waals surface area contributed by atoms with Crippen LogP contribution in [0, 0.1) is 13.8 Å². The first-order valence-corrected chi connectivity index (χ1v) is 13.4. The average molecular weight is 557 g/mol. The fourth-order valence-electron chi connectivity index (χ4n) is 3.84. The number of benzene rings is 3. The second-order valence-corrected chi connectivity index (χ2v) is 11.5. The summed E-state index contributed by atoms with van der Waals surface area (Å²) in [5.41, 5.74) is 6.43. The molecule has 3 aromatic rings. The standard InChI is InChI=1S/C24H21Cl4N3O2S/c1-13-10-23(14(2)9-19(13)27)34(32,33)31-24(18-8-7-17(26)11-20(18)28)22-12-21(29-30-22)15-3-5-16(25)6-4-15/h3-11,21,24,29,31H,12H2,1-2H3/t21?,24-/m1/s1. The van der Waals surface area contributed by atoms with Gasteiger partial charge >= 0.3 is 0 Å². The van der Waals surface area contributed by atoms with E-state index in [-0.39, 0.29) is 10.9 Å². The minimum absolute atomic E-state index is 0.134. The van der Waals surface area contributed by atoms with E-state index in [4.69, 9.17) is 46.4 Å². The molecule has 0 saturated carbocycles. The molecule has 178 valence electrons. The minimum Gasteiger partial charge on any atom is -0.302 e. The van der Waals surface area contributed by atoms with E-state index in [1.807, 2.05) is 12.1 Å². The zero-order valence-corrected chi connectivity index (χ0v) is 22.1.